The smallest absolute Gasteiger partial charge is 0.255 e. The molecule has 2 heterocycles. The summed E-state index contributed by atoms with van der Waals surface area (Å²) in [5.41, 5.74) is 2.31. The molecule has 2 aliphatic heterocycles. The maximum atomic E-state index is 12.3. The number of aliphatic hydroxyl groups excluding tert-OH is 2. The molecule has 178 valence electrons. The first-order valence-electron chi connectivity index (χ1n) is 11.1. The van der Waals surface area contributed by atoms with E-state index in [0.717, 1.165) is 36.5 Å². The van der Waals surface area contributed by atoms with Crippen LogP contribution in [0.15, 0.2) is 36.4 Å². The summed E-state index contributed by atoms with van der Waals surface area (Å²) in [6.07, 6.45) is 0.888. The average molecular weight is 477 g/mol. The number of phenolic OH excluding ortho intramolecular Hbond substituents is 1. The molecule has 4 rings (SSSR count). The molecule has 4 N–H and O–H groups in total. The lowest BCUT2D eigenvalue weighted by Crippen LogP contribution is -2.46. The maximum absolute atomic E-state index is 12.3. The molecule has 2 aromatic carbocycles. The highest BCUT2D eigenvalue weighted by molar-refractivity contribution is 6.30. The van der Waals surface area contributed by atoms with Crippen molar-refractivity contribution in [3.63, 3.8) is 0 Å². The van der Waals surface area contributed by atoms with Gasteiger partial charge in [0.2, 0.25) is 0 Å². The molecule has 0 aromatic heterocycles. The first kappa shape index (κ1) is 23.8. The van der Waals surface area contributed by atoms with Crippen LogP contribution in [-0.2, 0) is 16.9 Å². The fourth-order valence-corrected chi connectivity index (χ4v) is 4.74. The van der Waals surface area contributed by atoms with Gasteiger partial charge in [-0.25, -0.2) is 0 Å². The standard InChI is InChI=1S/C24H29ClN2O6/c25-17-1-4-21-16(11-17)14-33-24(21)5-8-27(9-6-24)13-19(30)15-32-22-12-18(29)2-3-20(22)23(31)26-7-10-28/h1-4,11-12,19,28-30H,5-10,13-15H2,(H,26,31)/t19-/m0/s1. The third-order valence-corrected chi connectivity index (χ3v) is 6.47. The number of rotatable bonds is 8. The van der Waals surface area contributed by atoms with Gasteiger partial charge in [0.1, 0.15) is 24.2 Å². The molecule has 8 nitrogen and oxygen atoms in total. The Balaban J connectivity index is 1.30. The molecule has 1 spiro atoms. The number of likely N-dealkylation sites (tertiary alicyclic amines) is 1. The molecule has 1 atom stereocenters. The van der Waals surface area contributed by atoms with Crippen LogP contribution in [0, 0.1) is 0 Å². The number of fused-ring (bicyclic) bond motifs is 2. The largest absolute Gasteiger partial charge is 0.508 e. The molecule has 9 heteroatoms. The van der Waals surface area contributed by atoms with Crippen LogP contribution in [0.25, 0.3) is 0 Å². The van der Waals surface area contributed by atoms with Crippen LogP contribution in [-0.4, -0.2) is 71.6 Å². The number of halogens is 1. The Bertz CT molecular complexity index is 993. The summed E-state index contributed by atoms with van der Waals surface area (Å²) >= 11 is 6.11. The van der Waals surface area contributed by atoms with Gasteiger partial charge in [-0.2, -0.15) is 0 Å². The van der Waals surface area contributed by atoms with Gasteiger partial charge in [-0.1, -0.05) is 17.7 Å². The number of nitrogens with one attached hydrogen (secondary N) is 1. The number of hydrogen-bond acceptors (Lipinski definition) is 7. The van der Waals surface area contributed by atoms with E-state index in [4.69, 9.17) is 26.2 Å². The predicted octanol–water partition coefficient (Wildman–Crippen LogP) is 2.03. The number of benzene rings is 2. The molecule has 1 amide bonds. The monoisotopic (exact) mass is 476 g/mol. The van der Waals surface area contributed by atoms with Crippen LogP contribution in [0.2, 0.25) is 5.02 Å². The molecule has 1 fully saturated rings. The van der Waals surface area contributed by atoms with Gasteiger partial charge >= 0.3 is 0 Å². The van der Waals surface area contributed by atoms with Crippen molar-refractivity contribution in [2.24, 2.45) is 0 Å². The molecule has 0 aliphatic carbocycles. The second-order valence-electron chi connectivity index (χ2n) is 8.51. The summed E-state index contributed by atoms with van der Waals surface area (Å²) in [5.74, 6) is -0.289. The number of aliphatic hydroxyl groups is 2. The van der Waals surface area contributed by atoms with Crippen LogP contribution in [0.3, 0.4) is 0 Å². The van der Waals surface area contributed by atoms with Crippen molar-refractivity contribution in [2.75, 3.05) is 39.4 Å². The predicted molar refractivity (Wildman–Crippen MR) is 123 cm³/mol. The van der Waals surface area contributed by atoms with Crippen molar-refractivity contribution in [1.82, 2.24) is 10.2 Å². The Morgan fingerprint density at radius 3 is 2.79 bits per heavy atom. The number of β-amino-alcohol motifs (C(OH)–C–C–N with tert-alkyl or cyclic N) is 1. The van der Waals surface area contributed by atoms with Gasteiger partial charge in [0.25, 0.3) is 5.91 Å². The SMILES string of the molecule is O=C(NCCO)c1ccc(O)cc1OC[C@@H](O)CN1CCC2(CC1)OCc1cc(Cl)ccc12. The topological polar surface area (TPSA) is 111 Å². The lowest BCUT2D eigenvalue weighted by molar-refractivity contribution is -0.0835. The zero-order chi connectivity index (χ0) is 23.4. The van der Waals surface area contributed by atoms with Crippen LogP contribution >= 0.6 is 11.6 Å². The molecule has 2 aromatic rings. The number of nitrogens with zero attached hydrogens (tertiary/aromatic N) is 1. The summed E-state index contributed by atoms with van der Waals surface area (Å²) in [6.45, 7) is 2.46. The van der Waals surface area contributed by atoms with E-state index in [1.165, 1.54) is 23.8 Å². The fourth-order valence-electron chi connectivity index (χ4n) is 4.55. The first-order valence-corrected chi connectivity index (χ1v) is 11.5. The molecular weight excluding hydrogens is 448 g/mol. The van der Waals surface area contributed by atoms with Crippen molar-refractivity contribution in [2.45, 2.75) is 31.2 Å². The minimum atomic E-state index is -0.773. The van der Waals surface area contributed by atoms with Gasteiger partial charge in [-0.3, -0.25) is 4.79 Å². The normalized spacial score (nSPS) is 18.2. The van der Waals surface area contributed by atoms with E-state index in [1.807, 2.05) is 12.1 Å². The summed E-state index contributed by atoms with van der Waals surface area (Å²) in [5, 5.41) is 32.5. The first-order chi connectivity index (χ1) is 15.9. The molecule has 0 radical (unpaired) electrons. The summed E-state index contributed by atoms with van der Waals surface area (Å²) in [7, 11) is 0. The minimum Gasteiger partial charge on any atom is -0.508 e. The highest BCUT2D eigenvalue weighted by Crippen LogP contribution is 2.44. The summed E-state index contributed by atoms with van der Waals surface area (Å²) < 4.78 is 11.9. The number of carbonyl (C=O) groups is 1. The van der Waals surface area contributed by atoms with E-state index in [-0.39, 0.29) is 42.4 Å². The second kappa shape index (κ2) is 10.3. The molecule has 0 saturated carbocycles. The van der Waals surface area contributed by atoms with Gasteiger partial charge in [0, 0.05) is 37.3 Å². The zero-order valence-electron chi connectivity index (χ0n) is 18.3. The second-order valence-corrected chi connectivity index (χ2v) is 8.95. The van der Waals surface area contributed by atoms with Crippen LogP contribution < -0.4 is 10.1 Å². The highest BCUT2D eigenvalue weighted by Gasteiger charge is 2.42. The lowest BCUT2D eigenvalue weighted by atomic mass is 9.84. The van der Waals surface area contributed by atoms with Crippen molar-refractivity contribution >= 4 is 17.5 Å². The maximum Gasteiger partial charge on any atom is 0.255 e. The third-order valence-electron chi connectivity index (χ3n) is 6.23. The van der Waals surface area contributed by atoms with Gasteiger partial charge < -0.3 is 35.0 Å². The number of phenols is 1. The van der Waals surface area contributed by atoms with Crippen molar-refractivity contribution < 1.29 is 29.6 Å². The summed E-state index contributed by atoms with van der Waals surface area (Å²) in [4.78, 5) is 14.4. The third kappa shape index (κ3) is 5.42. The van der Waals surface area contributed by atoms with Crippen molar-refractivity contribution in [3.8, 4) is 11.5 Å². The molecular formula is C24H29ClN2O6. The Labute approximate surface area is 197 Å². The number of ether oxygens (including phenoxy) is 2. The number of hydrogen-bond donors (Lipinski definition) is 4. The number of piperidine rings is 1. The van der Waals surface area contributed by atoms with E-state index >= 15 is 0 Å². The molecule has 0 unspecified atom stereocenters. The van der Waals surface area contributed by atoms with Crippen molar-refractivity contribution in [3.05, 3.63) is 58.1 Å². The Morgan fingerprint density at radius 1 is 1.24 bits per heavy atom. The average Bonchev–Trinajstić information content (AvgIpc) is 3.14. The van der Waals surface area contributed by atoms with Gasteiger partial charge in [-0.05, 0) is 48.2 Å². The quantitative estimate of drug-likeness (QED) is 0.461. The minimum absolute atomic E-state index is 0.0246. The van der Waals surface area contributed by atoms with Crippen LogP contribution in [0.4, 0.5) is 0 Å². The molecule has 33 heavy (non-hydrogen) atoms. The zero-order valence-corrected chi connectivity index (χ0v) is 19.1. The van der Waals surface area contributed by atoms with Gasteiger partial charge in [0.15, 0.2) is 0 Å². The Kier molecular flexibility index (Phi) is 7.41. The van der Waals surface area contributed by atoms with Crippen LogP contribution in [0.5, 0.6) is 11.5 Å². The lowest BCUT2D eigenvalue weighted by Gasteiger charge is -2.39. The summed E-state index contributed by atoms with van der Waals surface area (Å²) in [6, 6.07) is 10.1. The molecule has 0 bridgehead atoms. The molecule has 2 aliphatic rings. The van der Waals surface area contributed by atoms with Gasteiger partial charge in [0.05, 0.1) is 24.4 Å². The van der Waals surface area contributed by atoms with E-state index in [0.29, 0.717) is 13.2 Å². The fraction of sp³-hybridized carbons (Fsp3) is 0.458. The van der Waals surface area contributed by atoms with Gasteiger partial charge in [-0.15, -0.1) is 0 Å². The van der Waals surface area contributed by atoms with E-state index in [9.17, 15) is 15.0 Å². The number of amides is 1. The van der Waals surface area contributed by atoms with E-state index in [1.54, 1.807) is 0 Å². The molecule has 1 saturated heterocycles. The van der Waals surface area contributed by atoms with E-state index in [2.05, 4.69) is 16.3 Å². The van der Waals surface area contributed by atoms with Crippen molar-refractivity contribution in [1.29, 1.82) is 0 Å². The number of carbonyl (C=O) groups excluding carboxylic acids is 1. The Hall–Kier alpha value is -2.36. The number of aromatic hydroxyl groups is 1. The highest BCUT2D eigenvalue weighted by atomic mass is 35.5. The van der Waals surface area contributed by atoms with E-state index < -0.39 is 12.0 Å². The Morgan fingerprint density at radius 2 is 2.03 bits per heavy atom. The van der Waals surface area contributed by atoms with Crippen LogP contribution in [0.1, 0.15) is 34.3 Å².